The highest BCUT2D eigenvalue weighted by molar-refractivity contribution is 9.08. The topological polar surface area (TPSA) is 29.5 Å². The molecular weight excluding hydrogens is 576 g/mol. The van der Waals surface area contributed by atoms with Gasteiger partial charge in [-0.3, -0.25) is 0 Å². The molecule has 4 heteroatoms. The molecule has 0 aliphatic heterocycles. The number of alkyl halides is 1. The van der Waals surface area contributed by atoms with E-state index in [9.17, 15) is 5.11 Å². The summed E-state index contributed by atoms with van der Waals surface area (Å²) in [6, 6.07) is 24.5. The lowest BCUT2D eigenvalue weighted by atomic mass is 9.80. The van der Waals surface area contributed by atoms with Crippen LogP contribution in [0.3, 0.4) is 0 Å². The van der Waals surface area contributed by atoms with Crippen molar-refractivity contribution in [2.45, 2.75) is 82.8 Å². The fourth-order valence-corrected chi connectivity index (χ4v) is 6.15. The largest absolute Gasteiger partial charge is 0.508 e. The molecule has 2 nitrogen and oxygen atoms in total. The molecule has 1 N–H and O–H groups in total. The summed E-state index contributed by atoms with van der Waals surface area (Å²) in [6.07, 6.45) is 0. The van der Waals surface area contributed by atoms with Gasteiger partial charge in [-0.25, -0.2) is 0 Å². The number of phenols is 1. The smallest absolute Gasteiger partial charge is 0.134 e. The summed E-state index contributed by atoms with van der Waals surface area (Å²) in [5.74, 6) is 2.82. The van der Waals surface area contributed by atoms with Crippen molar-refractivity contribution in [2.75, 3.05) is 0 Å². The van der Waals surface area contributed by atoms with Crippen LogP contribution < -0.4 is 4.74 Å². The third-order valence-corrected chi connectivity index (χ3v) is 7.85. The predicted octanol–water partition coefficient (Wildman–Crippen LogP) is 11.8. The van der Waals surface area contributed by atoms with Crippen molar-refractivity contribution in [2.24, 2.45) is 5.92 Å². The zero-order chi connectivity index (χ0) is 29.6. The van der Waals surface area contributed by atoms with Crippen LogP contribution in [0.15, 0.2) is 82.6 Å². The van der Waals surface area contributed by atoms with Gasteiger partial charge in [-0.2, -0.15) is 0 Å². The first kappa shape index (κ1) is 31.8. The standard InChI is InChI=1S/C32H33BrO2S.C4H10/c1-20-15-23(16-21(2)30(20)32(4,5)6)24-17-22(3)31(25(18-24)19-33)35-27-9-13-29(14-10-27)36-28-11-7-26(34)8-12-28;1-4(2)3/h7-18,34H,19H2,1-6H3;4H,1-3H3. The molecule has 0 saturated heterocycles. The van der Waals surface area contributed by atoms with E-state index in [4.69, 9.17) is 4.74 Å². The molecule has 0 aliphatic carbocycles. The van der Waals surface area contributed by atoms with Crippen LogP contribution in [0, 0.1) is 26.7 Å². The minimum Gasteiger partial charge on any atom is -0.508 e. The summed E-state index contributed by atoms with van der Waals surface area (Å²) in [6.45, 7) is 19.9. The van der Waals surface area contributed by atoms with Gasteiger partial charge in [0, 0.05) is 20.7 Å². The van der Waals surface area contributed by atoms with E-state index in [-0.39, 0.29) is 11.2 Å². The van der Waals surface area contributed by atoms with Crippen LogP contribution in [0.2, 0.25) is 0 Å². The molecule has 0 unspecified atom stereocenters. The van der Waals surface area contributed by atoms with Gasteiger partial charge >= 0.3 is 0 Å². The van der Waals surface area contributed by atoms with Crippen molar-refractivity contribution >= 4 is 27.7 Å². The molecule has 4 rings (SSSR count). The zero-order valence-electron chi connectivity index (χ0n) is 25.4. The second kappa shape index (κ2) is 13.8. The molecule has 4 aromatic rings. The summed E-state index contributed by atoms with van der Waals surface area (Å²) >= 11 is 5.33. The number of benzene rings is 4. The van der Waals surface area contributed by atoms with Crippen LogP contribution in [0.1, 0.15) is 69.4 Å². The Morgan fingerprint density at radius 3 is 1.68 bits per heavy atom. The lowest BCUT2D eigenvalue weighted by Gasteiger charge is -2.25. The molecule has 0 radical (unpaired) electrons. The number of hydrogen-bond acceptors (Lipinski definition) is 3. The maximum absolute atomic E-state index is 9.48. The first-order chi connectivity index (χ1) is 18.8. The fraction of sp³-hybridized carbons (Fsp3) is 0.333. The van der Waals surface area contributed by atoms with Crippen molar-refractivity contribution in [1.82, 2.24) is 0 Å². The summed E-state index contributed by atoms with van der Waals surface area (Å²) in [5.41, 5.74) is 8.91. The van der Waals surface area contributed by atoms with Gasteiger partial charge in [0.25, 0.3) is 0 Å². The van der Waals surface area contributed by atoms with E-state index in [1.807, 2.05) is 24.3 Å². The number of phenolic OH excluding ortho intramolecular Hbond substituents is 1. The van der Waals surface area contributed by atoms with Gasteiger partial charge in [-0.15, -0.1) is 0 Å². The van der Waals surface area contributed by atoms with Crippen molar-refractivity contribution in [3.63, 3.8) is 0 Å². The van der Waals surface area contributed by atoms with Crippen LogP contribution in [-0.2, 0) is 10.7 Å². The van der Waals surface area contributed by atoms with Crippen molar-refractivity contribution < 1.29 is 9.84 Å². The van der Waals surface area contributed by atoms with Gasteiger partial charge < -0.3 is 9.84 Å². The third kappa shape index (κ3) is 8.65. The van der Waals surface area contributed by atoms with Crippen LogP contribution in [-0.4, -0.2) is 5.11 Å². The Labute approximate surface area is 254 Å². The molecule has 0 spiro atoms. The molecule has 0 heterocycles. The van der Waals surface area contributed by atoms with Gasteiger partial charge in [0.05, 0.1) is 0 Å². The van der Waals surface area contributed by atoms with E-state index in [2.05, 4.69) is 115 Å². The second-order valence-electron chi connectivity index (χ2n) is 12.1. The van der Waals surface area contributed by atoms with E-state index < -0.39 is 0 Å². The van der Waals surface area contributed by atoms with Crippen molar-refractivity contribution in [3.05, 3.63) is 101 Å². The molecule has 0 aromatic heterocycles. The molecule has 0 aliphatic rings. The number of ether oxygens (including phenoxy) is 1. The Kier molecular flexibility index (Phi) is 11.0. The molecular formula is C36H43BrO2S. The minimum absolute atomic E-state index is 0.124. The highest BCUT2D eigenvalue weighted by Gasteiger charge is 2.20. The predicted molar refractivity (Wildman–Crippen MR) is 177 cm³/mol. The summed E-state index contributed by atoms with van der Waals surface area (Å²) < 4.78 is 6.38. The summed E-state index contributed by atoms with van der Waals surface area (Å²) in [5, 5.41) is 10.2. The monoisotopic (exact) mass is 618 g/mol. The van der Waals surface area contributed by atoms with E-state index in [0.29, 0.717) is 5.33 Å². The average Bonchev–Trinajstić information content (AvgIpc) is 2.86. The molecule has 0 amide bonds. The van der Waals surface area contributed by atoms with Crippen LogP contribution in [0.5, 0.6) is 17.2 Å². The Morgan fingerprint density at radius 1 is 0.750 bits per heavy atom. The van der Waals surface area contributed by atoms with Gasteiger partial charge in [0.15, 0.2) is 0 Å². The van der Waals surface area contributed by atoms with Gasteiger partial charge in [0.1, 0.15) is 17.2 Å². The maximum Gasteiger partial charge on any atom is 0.134 e. The lowest BCUT2D eigenvalue weighted by molar-refractivity contribution is 0.474. The molecule has 0 atom stereocenters. The van der Waals surface area contributed by atoms with Crippen LogP contribution in [0.4, 0.5) is 0 Å². The quantitative estimate of drug-likeness (QED) is 0.218. The molecule has 4 aromatic carbocycles. The SMILES string of the molecule is CC(C)C.Cc1cc(-c2cc(C)c(C(C)(C)C)c(C)c2)cc(CBr)c1Oc1ccc(Sc2ccc(O)cc2)cc1. The van der Waals surface area contributed by atoms with Crippen LogP contribution in [0.25, 0.3) is 11.1 Å². The van der Waals surface area contributed by atoms with Crippen molar-refractivity contribution in [1.29, 1.82) is 0 Å². The molecule has 0 bridgehead atoms. The number of hydrogen-bond donors (Lipinski definition) is 1. The Balaban J connectivity index is 0.00000103. The Bertz CT molecular complexity index is 1390. The van der Waals surface area contributed by atoms with Gasteiger partial charge in [0.2, 0.25) is 0 Å². The number of rotatable bonds is 6. The maximum atomic E-state index is 9.48. The highest BCUT2D eigenvalue weighted by Crippen LogP contribution is 2.38. The number of halogens is 1. The molecule has 212 valence electrons. The molecule has 0 saturated carbocycles. The lowest BCUT2D eigenvalue weighted by Crippen LogP contribution is -2.15. The Hall–Kier alpha value is -2.69. The molecule has 0 fully saturated rings. The van der Waals surface area contributed by atoms with Gasteiger partial charge in [-0.05, 0) is 126 Å². The molecule has 40 heavy (non-hydrogen) atoms. The van der Waals surface area contributed by atoms with E-state index in [1.54, 1.807) is 23.9 Å². The third-order valence-electron chi connectivity index (χ3n) is 6.23. The Morgan fingerprint density at radius 2 is 1.20 bits per heavy atom. The van der Waals surface area contributed by atoms with E-state index >= 15 is 0 Å². The van der Waals surface area contributed by atoms with E-state index in [0.717, 1.165) is 38.3 Å². The highest BCUT2D eigenvalue weighted by atomic mass is 79.9. The van der Waals surface area contributed by atoms with Gasteiger partial charge in [-0.1, -0.05) is 81.4 Å². The summed E-state index contributed by atoms with van der Waals surface area (Å²) in [7, 11) is 0. The summed E-state index contributed by atoms with van der Waals surface area (Å²) in [4.78, 5) is 2.20. The normalized spacial score (nSPS) is 11.3. The van der Waals surface area contributed by atoms with E-state index in [1.165, 1.54) is 27.8 Å². The zero-order valence-corrected chi connectivity index (χ0v) is 27.8. The average molecular weight is 620 g/mol. The second-order valence-corrected chi connectivity index (χ2v) is 13.8. The first-order valence-corrected chi connectivity index (χ1v) is 15.8. The number of aromatic hydroxyl groups is 1. The number of aryl methyl sites for hydroxylation is 3. The minimum atomic E-state index is 0.124. The van der Waals surface area contributed by atoms with Crippen molar-refractivity contribution in [3.8, 4) is 28.4 Å². The fourth-order valence-electron chi connectivity index (χ4n) is 4.92. The van der Waals surface area contributed by atoms with Crippen LogP contribution >= 0.6 is 27.7 Å². The first-order valence-electron chi connectivity index (χ1n) is 13.8.